The van der Waals surface area contributed by atoms with E-state index in [1.165, 1.54) is 15.9 Å². The van der Waals surface area contributed by atoms with Crippen LogP contribution < -0.4 is 14.8 Å². The fourth-order valence-electron chi connectivity index (χ4n) is 2.38. The van der Waals surface area contributed by atoms with Crippen LogP contribution in [0.1, 0.15) is 18.2 Å². The maximum absolute atomic E-state index is 12.5. The predicted molar refractivity (Wildman–Crippen MR) is 101 cm³/mol. The molecule has 4 aromatic rings. The molecule has 0 bridgehead atoms. The van der Waals surface area contributed by atoms with Crippen molar-refractivity contribution in [3.8, 4) is 17.1 Å². The summed E-state index contributed by atoms with van der Waals surface area (Å²) in [7, 11) is 0. The number of hydrogen-bond donors (Lipinski definition) is 0. The summed E-state index contributed by atoms with van der Waals surface area (Å²) in [6, 6.07) is 11.6. The van der Waals surface area contributed by atoms with E-state index in [9.17, 15) is 4.79 Å². The molecule has 0 fully saturated rings. The molecule has 0 aliphatic heterocycles. The summed E-state index contributed by atoms with van der Waals surface area (Å²) in [5.41, 5.74) is 0.734. The summed E-state index contributed by atoms with van der Waals surface area (Å²) in [6.45, 7) is 2.77. The second-order valence-corrected chi connectivity index (χ2v) is 7.42. The SMILES string of the molecule is CCCOc1ccc(-c2nc3sc(=Cc4cccs4)c(=O)n3n2)cc1. The van der Waals surface area contributed by atoms with Gasteiger partial charge in [0.05, 0.1) is 11.1 Å². The Hall–Kier alpha value is -2.51. The minimum absolute atomic E-state index is 0.130. The quantitative estimate of drug-likeness (QED) is 0.542. The molecule has 0 saturated heterocycles. The number of ether oxygens (including phenoxy) is 1. The molecule has 0 aliphatic carbocycles. The second-order valence-electron chi connectivity index (χ2n) is 5.43. The van der Waals surface area contributed by atoms with E-state index < -0.39 is 0 Å². The Kier molecular flexibility index (Phi) is 4.33. The average Bonchev–Trinajstić information content (AvgIpc) is 3.34. The Balaban J connectivity index is 1.67. The van der Waals surface area contributed by atoms with Gasteiger partial charge in [0.25, 0.3) is 5.56 Å². The van der Waals surface area contributed by atoms with Gasteiger partial charge in [-0.2, -0.15) is 9.50 Å². The second kappa shape index (κ2) is 6.78. The summed E-state index contributed by atoms with van der Waals surface area (Å²) in [5, 5.41) is 6.36. The number of rotatable bonds is 5. The Morgan fingerprint density at radius 3 is 2.76 bits per heavy atom. The molecular formula is C18H15N3O2S2. The molecule has 0 atom stereocenters. The summed E-state index contributed by atoms with van der Waals surface area (Å²) in [5.74, 6) is 1.37. The minimum Gasteiger partial charge on any atom is -0.494 e. The van der Waals surface area contributed by atoms with Gasteiger partial charge in [-0.25, -0.2) is 0 Å². The van der Waals surface area contributed by atoms with Gasteiger partial charge in [0, 0.05) is 10.4 Å². The van der Waals surface area contributed by atoms with Gasteiger partial charge in [-0.1, -0.05) is 24.3 Å². The van der Waals surface area contributed by atoms with Crippen LogP contribution in [-0.4, -0.2) is 21.2 Å². The molecule has 5 nitrogen and oxygen atoms in total. The van der Waals surface area contributed by atoms with E-state index in [2.05, 4.69) is 17.0 Å². The van der Waals surface area contributed by atoms with E-state index in [4.69, 9.17) is 4.74 Å². The van der Waals surface area contributed by atoms with Gasteiger partial charge in [0.1, 0.15) is 5.75 Å². The van der Waals surface area contributed by atoms with Crippen molar-refractivity contribution in [1.82, 2.24) is 14.6 Å². The minimum atomic E-state index is -0.130. The lowest BCUT2D eigenvalue weighted by atomic mass is 10.2. The molecule has 0 radical (unpaired) electrons. The molecule has 3 aromatic heterocycles. The molecule has 0 amide bonds. The standard InChI is InChI=1S/C18H15N3O2S2/c1-2-9-23-13-7-5-12(6-8-13)16-19-18-21(20-16)17(22)15(25-18)11-14-4-3-10-24-14/h3-8,10-11H,2,9H2,1H3. The van der Waals surface area contributed by atoms with E-state index >= 15 is 0 Å². The lowest BCUT2D eigenvalue weighted by molar-refractivity contribution is 0.317. The van der Waals surface area contributed by atoms with Crippen molar-refractivity contribution in [2.45, 2.75) is 13.3 Å². The molecule has 126 valence electrons. The van der Waals surface area contributed by atoms with Crippen molar-refractivity contribution in [1.29, 1.82) is 0 Å². The summed E-state index contributed by atoms with van der Waals surface area (Å²) < 4.78 is 7.60. The molecule has 7 heteroatoms. The number of nitrogens with zero attached hydrogens (tertiary/aromatic N) is 3. The van der Waals surface area contributed by atoms with Crippen molar-refractivity contribution >= 4 is 33.7 Å². The zero-order valence-electron chi connectivity index (χ0n) is 13.5. The third-order valence-electron chi connectivity index (χ3n) is 3.58. The average molecular weight is 369 g/mol. The van der Waals surface area contributed by atoms with Crippen molar-refractivity contribution < 1.29 is 4.74 Å². The molecule has 0 unspecified atom stereocenters. The van der Waals surface area contributed by atoms with Crippen LogP contribution in [0.5, 0.6) is 5.75 Å². The third kappa shape index (κ3) is 3.20. The van der Waals surface area contributed by atoms with Crippen molar-refractivity contribution in [3.05, 3.63) is 61.5 Å². The summed E-state index contributed by atoms with van der Waals surface area (Å²) in [6.07, 6.45) is 2.85. The van der Waals surface area contributed by atoms with Crippen LogP contribution in [0.25, 0.3) is 22.4 Å². The van der Waals surface area contributed by atoms with Crippen LogP contribution in [0.2, 0.25) is 0 Å². The van der Waals surface area contributed by atoms with Crippen LogP contribution in [0.15, 0.2) is 46.6 Å². The first-order chi connectivity index (χ1) is 12.2. The monoisotopic (exact) mass is 369 g/mol. The molecular weight excluding hydrogens is 354 g/mol. The zero-order valence-corrected chi connectivity index (χ0v) is 15.1. The number of benzene rings is 1. The van der Waals surface area contributed by atoms with E-state index in [1.54, 1.807) is 11.3 Å². The molecule has 0 aliphatic rings. The van der Waals surface area contributed by atoms with Gasteiger partial charge in [0.2, 0.25) is 4.96 Å². The number of fused-ring (bicyclic) bond motifs is 1. The van der Waals surface area contributed by atoms with Gasteiger partial charge >= 0.3 is 0 Å². The van der Waals surface area contributed by atoms with Crippen molar-refractivity contribution in [2.24, 2.45) is 0 Å². The Morgan fingerprint density at radius 2 is 2.08 bits per heavy atom. The fourth-order valence-corrected chi connectivity index (χ4v) is 4.01. The van der Waals surface area contributed by atoms with Gasteiger partial charge in [0.15, 0.2) is 5.82 Å². The maximum Gasteiger partial charge on any atom is 0.291 e. The smallest absolute Gasteiger partial charge is 0.291 e. The van der Waals surface area contributed by atoms with Crippen LogP contribution >= 0.6 is 22.7 Å². The van der Waals surface area contributed by atoms with E-state index in [0.29, 0.717) is 21.9 Å². The summed E-state index contributed by atoms with van der Waals surface area (Å²) in [4.78, 5) is 18.6. The first kappa shape index (κ1) is 16.0. The topological polar surface area (TPSA) is 56.5 Å². The highest BCUT2D eigenvalue weighted by atomic mass is 32.1. The molecule has 0 spiro atoms. The normalized spacial score (nSPS) is 12.1. The molecule has 1 aromatic carbocycles. The van der Waals surface area contributed by atoms with Crippen LogP contribution in [0.3, 0.4) is 0 Å². The predicted octanol–water partition coefficient (Wildman–Crippen LogP) is 3.22. The lowest BCUT2D eigenvalue weighted by Gasteiger charge is -2.04. The number of hydrogen-bond acceptors (Lipinski definition) is 6. The van der Waals surface area contributed by atoms with E-state index in [0.717, 1.165) is 22.6 Å². The highest BCUT2D eigenvalue weighted by molar-refractivity contribution is 7.15. The third-order valence-corrected chi connectivity index (χ3v) is 5.36. The van der Waals surface area contributed by atoms with E-state index in [-0.39, 0.29) is 5.56 Å². The lowest BCUT2D eigenvalue weighted by Crippen LogP contribution is -2.23. The van der Waals surface area contributed by atoms with Crippen LogP contribution in [0, 0.1) is 0 Å². The summed E-state index contributed by atoms with van der Waals surface area (Å²) >= 11 is 2.95. The Morgan fingerprint density at radius 1 is 1.24 bits per heavy atom. The molecule has 3 heterocycles. The fraction of sp³-hybridized carbons (Fsp3) is 0.167. The molecule has 0 N–H and O–H groups in total. The van der Waals surface area contributed by atoms with Crippen molar-refractivity contribution in [2.75, 3.05) is 6.61 Å². The van der Waals surface area contributed by atoms with Gasteiger partial charge in [-0.05, 0) is 48.2 Å². The van der Waals surface area contributed by atoms with E-state index in [1.807, 2.05) is 47.9 Å². The zero-order chi connectivity index (χ0) is 17.2. The first-order valence-electron chi connectivity index (χ1n) is 7.92. The molecule has 0 saturated carbocycles. The van der Waals surface area contributed by atoms with Crippen LogP contribution in [0.4, 0.5) is 0 Å². The van der Waals surface area contributed by atoms with Crippen LogP contribution in [-0.2, 0) is 0 Å². The van der Waals surface area contributed by atoms with Crippen molar-refractivity contribution in [3.63, 3.8) is 0 Å². The Labute approximate surface area is 151 Å². The Bertz CT molecular complexity index is 1100. The highest BCUT2D eigenvalue weighted by Gasteiger charge is 2.12. The number of thiophene rings is 1. The number of aromatic nitrogens is 3. The molecule has 25 heavy (non-hydrogen) atoms. The largest absolute Gasteiger partial charge is 0.494 e. The van der Waals surface area contributed by atoms with Gasteiger partial charge in [-0.15, -0.1) is 16.4 Å². The molecule has 4 rings (SSSR count). The maximum atomic E-state index is 12.5. The first-order valence-corrected chi connectivity index (χ1v) is 9.62. The van der Waals surface area contributed by atoms with Gasteiger partial charge < -0.3 is 4.74 Å². The highest BCUT2D eigenvalue weighted by Crippen LogP contribution is 2.20. The number of thiazole rings is 1. The van der Waals surface area contributed by atoms with Gasteiger partial charge in [-0.3, -0.25) is 4.79 Å².